The number of nitrogens with one attached hydrogen (secondary N) is 1. The molecule has 0 aliphatic heterocycles. The van der Waals surface area contributed by atoms with Gasteiger partial charge in [0.05, 0.1) is 0 Å². The van der Waals surface area contributed by atoms with Crippen LogP contribution < -0.4 is 5.32 Å². The highest BCUT2D eigenvalue weighted by atomic mass is 79.9. The van der Waals surface area contributed by atoms with Gasteiger partial charge in [-0.15, -0.1) is 0 Å². The average molecular weight is 296 g/mol. The van der Waals surface area contributed by atoms with Gasteiger partial charge in [0.25, 0.3) is 0 Å². The van der Waals surface area contributed by atoms with E-state index in [-0.39, 0.29) is 0 Å². The zero-order chi connectivity index (χ0) is 12.1. The third kappa shape index (κ3) is 3.82. The van der Waals surface area contributed by atoms with Gasteiger partial charge in [-0.1, -0.05) is 47.8 Å². The van der Waals surface area contributed by atoms with Gasteiger partial charge < -0.3 is 5.32 Å². The third-order valence-electron chi connectivity index (χ3n) is 3.81. The molecule has 1 nitrogen and oxygen atoms in total. The number of hydrogen-bond donors (Lipinski definition) is 1. The van der Waals surface area contributed by atoms with Crippen molar-refractivity contribution in [2.45, 2.75) is 45.1 Å². The van der Waals surface area contributed by atoms with Gasteiger partial charge in [-0.3, -0.25) is 0 Å². The Morgan fingerprint density at radius 1 is 1.24 bits per heavy atom. The fourth-order valence-corrected chi connectivity index (χ4v) is 2.98. The molecule has 1 aromatic carbocycles. The molecule has 1 unspecified atom stereocenters. The zero-order valence-electron chi connectivity index (χ0n) is 10.6. The molecule has 1 aliphatic rings. The van der Waals surface area contributed by atoms with E-state index in [1.54, 1.807) is 0 Å². The summed E-state index contributed by atoms with van der Waals surface area (Å²) >= 11 is 3.49. The number of halogens is 1. The Hall–Kier alpha value is -0.340. The van der Waals surface area contributed by atoms with E-state index in [0.29, 0.717) is 6.04 Å². The first-order valence-electron chi connectivity index (χ1n) is 6.78. The summed E-state index contributed by atoms with van der Waals surface area (Å²) < 4.78 is 1.16. The SMILES string of the molecule is CCC(NCC1CCCC1)c1ccc(Br)cc1. The monoisotopic (exact) mass is 295 g/mol. The lowest BCUT2D eigenvalue weighted by Crippen LogP contribution is -2.26. The van der Waals surface area contributed by atoms with E-state index >= 15 is 0 Å². The largest absolute Gasteiger partial charge is 0.310 e. The maximum absolute atomic E-state index is 3.73. The van der Waals surface area contributed by atoms with E-state index in [0.717, 1.165) is 16.8 Å². The minimum absolute atomic E-state index is 0.517. The van der Waals surface area contributed by atoms with Gasteiger partial charge in [0.2, 0.25) is 0 Å². The molecular formula is C15H22BrN. The lowest BCUT2D eigenvalue weighted by Gasteiger charge is -2.20. The standard InChI is InChI=1S/C15H22BrN/c1-2-15(13-7-9-14(16)10-8-13)17-11-12-5-3-4-6-12/h7-10,12,15,17H,2-6,11H2,1H3. The van der Waals surface area contributed by atoms with Crippen molar-refractivity contribution < 1.29 is 0 Å². The Labute approximate surface area is 113 Å². The maximum atomic E-state index is 3.73. The minimum Gasteiger partial charge on any atom is -0.310 e. The highest BCUT2D eigenvalue weighted by molar-refractivity contribution is 9.10. The molecule has 1 aromatic rings. The van der Waals surface area contributed by atoms with Crippen molar-refractivity contribution in [2.75, 3.05) is 6.54 Å². The molecule has 2 rings (SSSR count). The minimum atomic E-state index is 0.517. The zero-order valence-corrected chi connectivity index (χ0v) is 12.2. The van der Waals surface area contributed by atoms with Crippen LogP contribution >= 0.6 is 15.9 Å². The lowest BCUT2D eigenvalue weighted by molar-refractivity contribution is 0.431. The summed E-state index contributed by atoms with van der Waals surface area (Å²) in [5.41, 5.74) is 1.41. The molecule has 1 saturated carbocycles. The second kappa shape index (κ2) is 6.55. The molecular weight excluding hydrogens is 274 g/mol. The second-order valence-electron chi connectivity index (χ2n) is 5.07. The normalized spacial score (nSPS) is 18.5. The lowest BCUT2D eigenvalue weighted by atomic mass is 10.0. The van der Waals surface area contributed by atoms with Crippen LogP contribution in [0.3, 0.4) is 0 Å². The first-order valence-corrected chi connectivity index (χ1v) is 7.57. The molecule has 0 bridgehead atoms. The van der Waals surface area contributed by atoms with Crippen molar-refractivity contribution in [3.63, 3.8) is 0 Å². The molecule has 0 saturated heterocycles. The molecule has 1 fully saturated rings. The highest BCUT2D eigenvalue weighted by Gasteiger charge is 2.16. The van der Waals surface area contributed by atoms with E-state index in [1.807, 2.05) is 0 Å². The fourth-order valence-electron chi connectivity index (χ4n) is 2.72. The Kier molecular flexibility index (Phi) is 5.05. The van der Waals surface area contributed by atoms with Crippen LogP contribution in [0.5, 0.6) is 0 Å². The van der Waals surface area contributed by atoms with Gasteiger partial charge in [-0.25, -0.2) is 0 Å². The molecule has 94 valence electrons. The number of rotatable bonds is 5. The molecule has 0 radical (unpaired) electrons. The Balaban J connectivity index is 1.89. The Bertz CT molecular complexity index is 327. The summed E-state index contributed by atoms with van der Waals surface area (Å²) in [5, 5.41) is 3.73. The number of benzene rings is 1. The van der Waals surface area contributed by atoms with Gasteiger partial charge >= 0.3 is 0 Å². The molecule has 0 heterocycles. The van der Waals surface area contributed by atoms with Crippen molar-refractivity contribution in [3.05, 3.63) is 34.3 Å². The fraction of sp³-hybridized carbons (Fsp3) is 0.600. The highest BCUT2D eigenvalue weighted by Crippen LogP contribution is 2.25. The van der Waals surface area contributed by atoms with Crippen LogP contribution in [-0.2, 0) is 0 Å². The van der Waals surface area contributed by atoms with Crippen LogP contribution in [0.15, 0.2) is 28.7 Å². The van der Waals surface area contributed by atoms with E-state index in [2.05, 4.69) is 52.4 Å². The van der Waals surface area contributed by atoms with Gasteiger partial charge in [0, 0.05) is 10.5 Å². The van der Waals surface area contributed by atoms with Crippen LogP contribution in [0, 0.1) is 5.92 Å². The predicted octanol–water partition coefficient (Wildman–Crippen LogP) is 4.68. The Morgan fingerprint density at radius 2 is 1.88 bits per heavy atom. The van der Waals surface area contributed by atoms with Crippen molar-refractivity contribution in [2.24, 2.45) is 5.92 Å². The van der Waals surface area contributed by atoms with E-state index in [1.165, 1.54) is 37.8 Å². The van der Waals surface area contributed by atoms with E-state index in [9.17, 15) is 0 Å². The maximum Gasteiger partial charge on any atom is 0.0317 e. The van der Waals surface area contributed by atoms with Gasteiger partial charge in [-0.05, 0) is 49.4 Å². The number of hydrogen-bond acceptors (Lipinski definition) is 1. The van der Waals surface area contributed by atoms with Gasteiger partial charge in [0.15, 0.2) is 0 Å². The summed E-state index contributed by atoms with van der Waals surface area (Å²) in [7, 11) is 0. The summed E-state index contributed by atoms with van der Waals surface area (Å²) in [5.74, 6) is 0.916. The van der Waals surface area contributed by atoms with Crippen LogP contribution in [0.1, 0.15) is 50.6 Å². The topological polar surface area (TPSA) is 12.0 Å². The van der Waals surface area contributed by atoms with Crippen LogP contribution in [0.4, 0.5) is 0 Å². The summed E-state index contributed by atoms with van der Waals surface area (Å²) in [6, 6.07) is 9.23. The molecule has 1 aliphatic carbocycles. The van der Waals surface area contributed by atoms with Gasteiger partial charge in [-0.2, -0.15) is 0 Å². The quantitative estimate of drug-likeness (QED) is 0.832. The van der Waals surface area contributed by atoms with Crippen molar-refractivity contribution in [1.29, 1.82) is 0 Å². The van der Waals surface area contributed by atoms with Crippen LogP contribution in [-0.4, -0.2) is 6.54 Å². The van der Waals surface area contributed by atoms with Gasteiger partial charge in [0.1, 0.15) is 0 Å². The third-order valence-corrected chi connectivity index (χ3v) is 4.34. The van der Waals surface area contributed by atoms with E-state index in [4.69, 9.17) is 0 Å². The molecule has 17 heavy (non-hydrogen) atoms. The predicted molar refractivity (Wildman–Crippen MR) is 77.1 cm³/mol. The summed E-state index contributed by atoms with van der Waals surface area (Å²) in [4.78, 5) is 0. The van der Waals surface area contributed by atoms with Crippen molar-refractivity contribution in [3.8, 4) is 0 Å². The molecule has 0 amide bonds. The van der Waals surface area contributed by atoms with Crippen LogP contribution in [0.25, 0.3) is 0 Å². The van der Waals surface area contributed by atoms with E-state index < -0.39 is 0 Å². The molecule has 0 aromatic heterocycles. The summed E-state index contributed by atoms with van der Waals surface area (Å²) in [6.07, 6.45) is 6.87. The molecule has 0 spiro atoms. The molecule has 1 atom stereocenters. The molecule has 2 heteroatoms. The first-order chi connectivity index (χ1) is 8.29. The smallest absolute Gasteiger partial charge is 0.0317 e. The second-order valence-corrected chi connectivity index (χ2v) is 5.99. The van der Waals surface area contributed by atoms with Crippen molar-refractivity contribution >= 4 is 15.9 Å². The molecule has 1 N–H and O–H groups in total. The average Bonchev–Trinajstić information content (AvgIpc) is 2.85. The first kappa shape index (κ1) is 13.1. The Morgan fingerprint density at radius 3 is 2.47 bits per heavy atom. The van der Waals surface area contributed by atoms with Crippen molar-refractivity contribution in [1.82, 2.24) is 5.32 Å². The van der Waals surface area contributed by atoms with Crippen LogP contribution in [0.2, 0.25) is 0 Å². The summed E-state index contributed by atoms with van der Waals surface area (Å²) in [6.45, 7) is 3.45.